The molecule has 1 aliphatic rings. The first-order valence-electron chi connectivity index (χ1n) is 8.70. The molecule has 0 aliphatic carbocycles. The van der Waals surface area contributed by atoms with E-state index < -0.39 is 35.9 Å². The van der Waals surface area contributed by atoms with Crippen LogP contribution >= 0.6 is 0 Å². The second-order valence-electron chi connectivity index (χ2n) is 6.32. The summed E-state index contributed by atoms with van der Waals surface area (Å²) in [6.07, 6.45) is -1.32. The summed E-state index contributed by atoms with van der Waals surface area (Å²) in [4.78, 5) is 14.2. The van der Waals surface area contributed by atoms with Crippen molar-refractivity contribution in [3.63, 3.8) is 0 Å². The maximum absolute atomic E-state index is 14.5. The van der Waals surface area contributed by atoms with E-state index in [1.807, 2.05) is 4.90 Å². The lowest BCUT2D eigenvalue weighted by Gasteiger charge is -2.31. The average Bonchev–Trinajstić information content (AvgIpc) is 2.65. The summed E-state index contributed by atoms with van der Waals surface area (Å²) in [5.74, 6) is -2.59. The molecule has 0 N–H and O–H groups in total. The van der Waals surface area contributed by atoms with E-state index in [-0.39, 0.29) is 11.1 Å². The van der Waals surface area contributed by atoms with Crippen LogP contribution in [0.3, 0.4) is 0 Å². The smallest absolute Gasteiger partial charge is 0.310 e. The fourth-order valence-corrected chi connectivity index (χ4v) is 3.14. The molecule has 0 aromatic heterocycles. The van der Waals surface area contributed by atoms with Crippen LogP contribution in [-0.4, -0.2) is 32.3 Å². The minimum atomic E-state index is -0.881. The number of halogens is 3. The van der Waals surface area contributed by atoms with E-state index in [4.69, 9.17) is 9.47 Å². The molecule has 1 atom stereocenters. The maximum atomic E-state index is 14.5. The van der Waals surface area contributed by atoms with E-state index in [1.54, 1.807) is 19.1 Å². The van der Waals surface area contributed by atoms with Gasteiger partial charge in [-0.2, -0.15) is 0 Å². The molecule has 0 radical (unpaired) electrons. The normalized spacial score (nSPS) is 15.5. The molecule has 0 spiro atoms. The van der Waals surface area contributed by atoms with Crippen LogP contribution in [0.2, 0.25) is 0 Å². The molecule has 0 unspecified atom stereocenters. The van der Waals surface area contributed by atoms with Gasteiger partial charge in [0, 0.05) is 24.3 Å². The van der Waals surface area contributed by atoms with E-state index >= 15 is 0 Å². The fourth-order valence-electron chi connectivity index (χ4n) is 3.14. The number of carbonyl (C=O) groups excluding carboxylic acids is 1. The van der Waals surface area contributed by atoms with Crippen molar-refractivity contribution >= 4 is 11.7 Å². The van der Waals surface area contributed by atoms with E-state index in [1.165, 1.54) is 6.07 Å². The van der Waals surface area contributed by atoms with Crippen LogP contribution in [-0.2, 0) is 20.7 Å². The first-order chi connectivity index (χ1) is 13.0. The Kier molecular flexibility index (Phi) is 6.01. The van der Waals surface area contributed by atoms with Crippen LogP contribution in [0, 0.1) is 17.5 Å². The summed E-state index contributed by atoms with van der Waals surface area (Å²) in [7, 11) is 0. The van der Waals surface area contributed by atoms with E-state index in [9.17, 15) is 18.0 Å². The summed E-state index contributed by atoms with van der Waals surface area (Å²) >= 11 is 0. The quantitative estimate of drug-likeness (QED) is 0.741. The molecule has 1 saturated heterocycles. The third kappa shape index (κ3) is 4.60. The van der Waals surface area contributed by atoms with Gasteiger partial charge < -0.3 is 14.4 Å². The molecule has 0 bridgehead atoms. The second kappa shape index (κ2) is 8.43. The summed E-state index contributed by atoms with van der Waals surface area (Å²) in [5.41, 5.74) is 0.789. The predicted molar refractivity (Wildman–Crippen MR) is 94.0 cm³/mol. The SMILES string of the molecule is C[C@H](OC(=O)Cc1cc(F)ccc1F)c1c(F)cccc1N1CCOCC1. The molecular weight excluding hydrogens is 359 g/mol. The van der Waals surface area contributed by atoms with Crippen molar-refractivity contribution in [2.75, 3.05) is 31.2 Å². The number of benzene rings is 2. The third-order valence-corrected chi connectivity index (χ3v) is 4.44. The minimum absolute atomic E-state index is 0.103. The molecule has 4 nitrogen and oxygen atoms in total. The lowest BCUT2D eigenvalue weighted by atomic mass is 10.1. The van der Waals surface area contributed by atoms with Crippen LogP contribution < -0.4 is 4.90 Å². The van der Waals surface area contributed by atoms with E-state index in [0.717, 1.165) is 18.2 Å². The molecule has 7 heteroatoms. The number of ether oxygens (including phenoxy) is 2. The number of rotatable bonds is 5. The highest BCUT2D eigenvalue weighted by atomic mass is 19.1. The van der Waals surface area contributed by atoms with Gasteiger partial charge in [0.05, 0.1) is 25.2 Å². The molecule has 144 valence electrons. The van der Waals surface area contributed by atoms with E-state index in [0.29, 0.717) is 32.0 Å². The van der Waals surface area contributed by atoms with Crippen LogP contribution in [0.15, 0.2) is 36.4 Å². The number of carbonyl (C=O) groups is 1. The third-order valence-electron chi connectivity index (χ3n) is 4.44. The maximum Gasteiger partial charge on any atom is 0.310 e. The molecule has 1 heterocycles. The Labute approximate surface area is 155 Å². The van der Waals surface area contributed by atoms with Crippen molar-refractivity contribution in [2.45, 2.75) is 19.4 Å². The minimum Gasteiger partial charge on any atom is -0.457 e. The number of morpholine rings is 1. The highest BCUT2D eigenvalue weighted by Gasteiger charge is 2.24. The van der Waals surface area contributed by atoms with Crippen molar-refractivity contribution in [3.8, 4) is 0 Å². The van der Waals surface area contributed by atoms with Gasteiger partial charge in [-0.25, -0.2) is 13.2 Å². The van der Waals surface area contributed by atoms with Crippen molar-refractivity contribution in [3.05, 3.63) is 65.0 Å². The first-order valence-corrected chi connectivity index (χ1v) is 8.70. The van der Waals surface area contributed by atoms with E-state index in [2.05, 4.69) is 0 Å². The van der Waals surface area contributed by atoms with Crippen molar-refractivity contribution in [2.24, 2.45) is 0 Å². The van der Waals surface area contributed by atoms with Crippen LogP contribution in [0.4, 0.5) is 18.9 Å². The average molecular weight is 379 g/mol. The molecular formula is C20H20F3NO3. The zero-order valence-corrected chi connectivity index (χ0v) is 14.9. The molecule has 0 saturated carbocycles. The Hall–Kier alpha value is -2.54. The van der Waals surface area contributed by atoms with Crippen molar-refractivity contribution < 1.29 is 27.4 Å². The number of nitrogens with zero attached hydrogens (tertiary/aromatic N) is 1. The molecule has 3 rings (SSSR count). The zero-order valence-electron chi connectivity index (χ0n) is 14.9. The molecule has 1 fully saturated rings. The summed E-state index contributed by atoms with van der Waals surface area (Å²) < 4.78 is 52.1. The van der Waals surface area contributed by atoms with Crippen LogP contribution in [0.1, 0.15) is 24.2 Å². The number of hydrogen-bond donors (Lipinski definition) is 0. The molecule has 2 aromatic carbocycles. The largest absolute Gasteiger partial charge is 0.457 e. The molecule has 27 heavy (non-hydrogen) atoms. The molecule has 0 amide bonds. The number of esters is 1. The Morgan fingerprint density at radius 1 is 1.15 bits per heavy atom. The van der Waals surface area contributed by atoms with Gasteiger partial charge >= 0.3 is 5.97 Å². The van der Waals surface area contributed by atoms with Gasteiger partial charge in [0.2, 0.25) is 0 Å². The molecule has 2 aromatic rings. The Balaban J connectivity index is 1.76. The predicted octanol–water partition coefficient (Wildman–Crippen LogP) is 3.79. The number of anilines is 1. The first kappa shape index (κ1) is 19.2. The van der Waals surface area contributed by atoms with Gasteiger partial charge in [0.15, 0.2) is 0 Å². The topological polar surface area (TPSA) is 38.8 Å². The van der Waals surface area contributed by atoms with Crippen molar-refractivity contribution in [1.29, 1.82) is 0 Å². The number of hydrogen-bond acceptors (Lipinski definition) is 4. The standard InChI is InChI=1S/C20H20F3NO3/c1-13(27-19(25)12-14-11-15(21)5-6-16(14)22)20-17(23)3-2-4-18(20)24-7-9-26-10-8-24/h2-6,11,13H,7-10,12H2,1H3/t13-/m0/s1. The Bertz CT molecular complexity index is 822. The van der Waals surface area contributed by atoms with Gasteiger partial charge in [-0.3, -0.25) is 4.79 Å². The van der Waals surface area contributed by atoms with Crippen LogP contribution in [0.5, 0.6) is 0 Å². The Morgan fingerprint density at radius 3 is 2.63 bits per heavy atom. The second-order valence-corrected chi connectivity index (χ2v) is 6.32. The van der Waals surface area contributed by atoms with Gasteiger partial charge in [-0.15, -0.1) is 0 Å². The summed E-state index contributed by atoms with van der Waals surface area (Å²) in [5, 5.41) is 0. The Morgan fingerprint density at radius 2 is 1.89 bits per heavy atom. The van der Waals surface area contributed by atoms with Gasteiger partial charge in [0.25, 0.3) is 0 Å². The lowest BCUT2D eigenvalue weighted by Crippen LogP contribution is -2.37. The monoisotopic (exact) mass is 379 g/mol. The van der Waals surface area contributed by atoms with Gasteiger partial charge in [0.1, 0.15) is 23.6 Å². The summed E-state index contributed by atoms with van der Waals surface area (Å²) in [6.45, 7) is 3.82. The highest BCUT2D eigenvalue weighted by Crippen LogP contribution is 2.32. The van der Waals surface area contributed by atoms with Gasteiger partial charge in [-0.1, -0.05) is 6.07 Å². The lowest BCUT2D eigenvalue weighted by molar-refractivity contribution is -0.147. The summed E-state index contributed by atoms with van der Waals surface area (Å²) in [6, 6.07) is 7.54. The van der Waals surface area contributed by atoms with Gasteiger partial charge in [-0.05, 0) is 37.3 Å². The van der Waals surface area contributed by atoms with Crippen LogP contribution in [0.25, 0.3) is 0 Å². The van der Waals surface area contributed by atoms with Crippen molar-refractivity contribution in [1.82, 2.24) is 0 Å². The fraction of sp³-hybridized carbons (Fsp3) is 0.350. The molecule has 1 aliphatic heterocycles. The zero-order chi connectivity index (χ0) is 19.4. The highest BCUT2D eigenvalue weighted by molar-refractivity contribution is 5.73.